The highest BCUT2D eigenvalue weighted by Crippen LogP contribution is 2.37. The summed E-state index contributed by atoms with van der Waals surface area (Å²) in [4.78, 5) is 49.7. The lowest BCUT2D eigenvalue weighted by molar-refractivity contribution is -0.139. The number of anilines is 1. The second-order valence-electron chi connectivity index (χ2n) is 11.7. The number of nitrogens with one attached hydrogen (secondary N) is 3. The van der Waals surface area contributed by atoms with Crippen LogP contribution in [0, 0.1) is 0 Å². The Morgan fingerprint density at radius 2 is 1.93 bits per heavy atom. The quantitative estimate of drug-likeness (QED) is 0.398. The number of nitrogens with zero attached hydrogens (tertiary/aromatic N) is 3. The van der Waals surface area contributed by atoms with Crippen molar-refractivity contribution in [3.8, 4) is 0 Å². The Morgan fingerprint density at radius 1 is 1.07 bits per heavy atom. The second kappa shape index (κ2) is 13.5. The minimum atomic E-state index is -0.649. The van der Waals surface area contributed by atoms with E-state index in [9.17, 15) is 14.4 Å². The molecule has 2 aromatic heterocycles. The van der Waals surface area contributed by atoms with Crippen LogP contribution in [0.3, 0.4) is 0 Å². The van der Waals surface area contributed by atoms with Gasteiger partial charge < -0.3 is 25.6 Å². The van der Waals surface area contributed by atoms with Gasteiger partial charge in [0.2, 0.25) is 12.3 Å². The Balaban J connectivity index is 1.29. The van der Waals surface area contributed by atoms with Crippen LogP contribution in [0.5, 0.6) is 0 Å². The fourth-order valence-electron chi connectivity index (χ4n) is 6.66. The molecule has 1 fully saturated rings. The number of pyridine rings is 2. The smallest absolute Gasteiger partial charge is 0.253 e. The van der Waals surface area contributed by atoms with Gasteiger partial charge in [0.05, 0.1) is 18.8 Å². The Bertz CT molecular complexity index is 1540. The van der Waals surface area contributed by atoms with E-state index in [0.717, 1.165) is 27.9 Å². The predicted molar refractivity (Wildman–Crippen MR) is 167 cm³/mol. The van der Waals surface area contributed by atoms with Crippen molar-refractivity contribution in [3.63, 3.8) is 0 Å². The van der Waals surface area contributed by atoms with Gasteiger partial charge in [-0.25, -0.2) is 4.98 Å². The fraction of sp³-hybridized carbons (Fsp3) is 0.382. The van der Waals surface area contributed by atoms with Crippen LogP contribution in [0.1, 0.15) is 63.5 Å². The van der Waals surface area contributed by atoms with E-state index in [4.69, 9.17) is 4.74 Å². The molecule has 0 saturated carbocycles. The summed E-state index contributed by atoms with van der Waals surface area (Å²) in [6.45, 7) is 4.87. The lowest BCUT2D eigenvalue weighted by Gasteiger charge is -2.43. The number of piperidine rings is 1. The molecule has 1 saturated heterocycles. The zero-order valence-corrected chi connectivity index (χ0v) is 24.9. The third-order valence-electron chi connectivity index (χ3n) is 8.96. The maximum absolute atomic E-state index is 13.8. The van der Waals surface area contributed by atoms with E-state index in [1.54, 1.807) is 12.4 Å². The highest BCUT2D eigenvalue weighted by atomic mass is 16.5. The van der Waals surface area contributed by atoms with E-state index in [1.807, 2.05) is 47.4 Å². The van der Waals surface area contributed by atoms with E-state index in [0.29, 0.717) is 69.9 Å². The number of rotatable bonds is 3. The maximum Gasteiger partial charge on any atom is 0.253 e. The third kappa shape index (κ3) is 6.41. The van der Waals surface area contributed by atoms with Gasteiger partial charge in [-0.15, -0.1) is 0 Å². The minimum absolute atomic E-state index is 0.0180. The fourth-order valence-corrected chi connectivity index (χ4v) is 6.66. The maximum atomic E-state index is 13.8. The van der Waals surface area contributed by atoms with Crippen molar-refractivity contribution in [3.05, 3.63) is 94.4 Å². The van der Waals surface area contributed by atoms with Gasteiger partial charge in [-0.05, 0) is 66.5 Å². The molecule has 2 aliphatic heterocycles. The molecule has 0 spiro atoms. The van der Waals surface area contributed by atoms with Crippen LogP contribution in [0.2, 0.25) is 0 Å². The molecular weight excluding hydrogens is 556 g/mol. The zero-order chi connectivity index (χ0) is 30.5. The highest BCUT2D eigenvalue weighted by Gasteiger charge is 2.40. The zero-order valence-electron chi connectivity index (χ0n) is 24.9. The Hall–Kier alpha value is -4.41. The van der Waals surface area contributed by atoms with Crippen LogP contribution in [-0.2, 0) is 27.2 Å². The number of carbonyl (C=O) groups excluding carboxylic acids is 3. The van der Waals surface area contributed by atoms with Gasteiger partial charge in [-0.3, -0.25) is 19.4 Å². The topological polar surface area (TPSA) is 126 Å². The van der Waals surface area contributed by atoms with E-state index in [1.165, 1.54) is 0 Å². The van der Waals surface area contributed by atoms with Crippen molar-refractivity contribution in [1.29, 1.82) is 0 Å². The molecule has 4 heterocycles. The predicted octanol–water partition coefficient (Wildman–Crippen LogP) is 3.06. The van der Waals surface area contributed by atoms with Crippen LogP contribution >= 0.6 is 0 Å². The molecular formula is C34H38N6O4. The Morgan fingerprint density at radius 3 is 2.77 bits per heavy atom. The first kappa shape index (κ1) is 29.7. The molecule has 3 aromatic rings. The number of amides is 3. The van der Waals surface area contributed by atoms with Crippen LogP contribution in [0.4, 0.5) is 5.82 Å². The van der Waals surface area contributed by atoms with Gasteiger partial charge in [0.25, 0.3) is 5.91 Å². The summed E-state index contributed by atoms with van der Waals surface area (Å²) in [6, 6.07) is 13.5. The van der Waals surface area contributed by atoms with E-state index in [-0.39, 0.29) is 29.7 Å². The van der Waals surface area contributed by atoms with Crippen LogP contribution in [-0.4, -0.2) is 78.0 Å². The number of ether oxygens (including phenoxy) is 1. The Labute approximate surface area is 257 Å². The lowest BCUT2D eigenvalue weighted by atomic mass is 9.81. The minimum Gasteiger partial charge on any atom is -0.376 e. The summed E-state index contributed by atoms with van der Waals surface area (Å²) in [5, 5.41) is 9.17. The van der Waals surface area contributed by atoms with Crippen molar-refractivity contribution in [1.82, 2.24) is 25.5 Å². The van der Waals surface area contributed by atoms with E-state index in [2.05, 4.69) is 45.0 Å². The van der Waals surface area contributed by atoms with Crippen molar-refractivity contribution in [2.24, 2.45) is 0 Å². The number of benzene rings is 1. The summed E-state index contributed by atoms with van der Waals surface area (Å²) in [6.07, 6.45) is 9.73. The summed E-state index contributed by atoms with van der Waals surface area (Å²) >= 11 is 0. The first-order valence-corrected chi connectivity index (χ1v) is 15.3. The number of carbonyl (C=O) groups is 3. The molecule has 10 heteroatoms. The lowest BCUT2D eigenvalue weighted by Crippen LogP contribution is -2.59. The summed E-state index contributed by atoms with van der Waals surface area (Å²) in [7, 11) is 0. The Kier molecular flexibility index (Phi) is 9.09. The highest BCUT2D eigenvalue weighted by molar-refractivity contribution is 5.98. The first-order chi connectivity index (χ1) is 21.5. The molecule has 3 aliphatic rings. The average Bonchev–Trinajstić information content (AvgIpc) is 3.47. The van der Waals surface area contributed by atoms with Gasteiger partial charge >= 0.3 is 0 Å². The molecule has 4 atom stereocenters. The van der Waals surface area contributed by atoms with Crippen molar-refractivity contribution in [2.45, 2.75) is 50.1 Å². The number of hydrogen-bond acceptors (Lipinski definition) is 7. The molecule has 228 valence electrons. The molecule has 6 rings (SSSR count). The monoisotopic (exact) mass is 594 g/mol. The molecule has 7 bridgehead atoms. The number of hydrogen-bond donors (Lipinski definition) is 3. The van der Waals surface area contributed by atoms with Gasteiger partial charge in [0.1, 0.15) is 11.9 Å². The second-order valence-corrected chi connectivity index (χ2v) is 11.7. The van der Waals surface area contributed by atoms with E-state index < -0.39 is 6.04 Å². The van der Waals surface area contributed by atoms with Crippen molar-refractivity contribution in [2.75, 3.05) is 38.2 Å². The van der Waals surface area contributed by atoms with Gasteiger partial charge in [-0.1, -0.05) is 42.5 Å². The van der Waals surface area contributed by atoms with Crippen molar-refractivity contribution >= 4 is 30.1 Å². The van der Waals surface area contributed by atoms with E-state index >= 15 is 0 Å². The third-order valence-corrected chi connectivity index (χ3v) is 8.96. The van der Waals surface area contributed by atoms with Gasteiger partial charge in [0.15, 0.2) is 0 Å². The average molecular weight is 595 g/mol. The number of aromatic nitrogens is 2. The van der Waals surface area contributed by atoms with Crippen LogP contribution in [0.15, 0.2) is 60.9 Å². The standard InChI is InChI=1S/C34H38N6O4/c1-22-28(24-7-3-2-4-8-24)18-31-34(43)40(22)11-9-35-10-13-44-12-5-6-23-14-29(32(37-19-23)38-21-41)25-15-26-16-27(33(42)39-31)20-36-30(26)17-25/h2-8,14,16,19-22,25,28,31,35H,9-13,15,17-18H2,1H3,(H,39,42)(H,37,38,41)/b6-5+. The molecule has 3 N–H and O–H groups in total. The number of fused-ring (bicyclic) bond motifs is 7. The first-order valence-electron chi connectivity index (χ1n) is 15.3. The van der Waals surface area contributed by atoms with Crippen molar-refractivity contribution < 1.29 is 19.1 Å². The molecule has 1 aliphatic carbocycles. The van der Waals surface area contributed by atoms with Crippen LogP contribution < -0.4 is 16.0 Å². The normalized spacial score (nSPS) is 25.0. The molecule has 1 aromatic carbocycles. The molecule has 0 radical (unpaired) electrons. The molecule has 44 heavy (non-hydrogen) atoms. The SMILES string of the molecule is CC1C(c2ccccc2)CC2NC(=O)c3cnc4c(c3)CC(C4)c3cc(cnc3NC=O)/C=C/COCCNCCN1C2=O. The summed E-state index contributed by atoms with van der Waals surface area (Å²) < 4.78 is 5.79. The summed E-state index contributed by atoms with van der Waals surface area (Å²) in [5.74, 6) is 0.267. The molecule has 4 unspecified atom stereocenters. The van der Waals surface area contributed by atoms with Crippen LogP contribution in [0.25, 0.3) is 6.08 Å². The summed E-state index contributed by atoms with van der Waals surface area (Å²) in [5.41, 5.74) is 5.32. The van der Waals surface area contributed by atoms with Gasteiger partial charge in [-0.2, -0.15) is 0 Å². The molecule has 3 amide bonds. The largest absolute Gasteiger partial charge is 0.376 e. The van der Waals surface area contributed by atoms with Gasteiger partial charge in [0, 0.05) is 49.7 Å². The molecule has 10 nitrogen and oxygen atoms in total.